The van der Waals surface area contributed by atoms with E-state index in [1.807, 2.05) is 0 Å². The van der Waals surface area contributed by atoms with Crippen molar-refractivity contribution in [1.29, 1.82) is 0 Å². The van der Waals surface area contributed by atoms with Crippen molar-refractivity contribution in [2.45, 2.75) is 53.5 Å². The molecule has 2 heteroatoms. The first-order valence-electron chi connectivity index (χ1n) is 8.30. The van der Waals surface area contributed by atoms with Crippen molar-refractivity contribution >= 4 is 11.0 Å². The number of fused-ring (bicyclic) bond motifs is 1. The number of benzene rings is 2. The minimum Gasteiger partial charge on any atom is -0.323 e. The molecule has 0 saturated carbocycles. The maximum absolute atomic E-state index is 4.92. The molecule has 1 heterocycles. The lowest BCUT2D eigenvalue weighted by atomic mass is 9.95. The Bertz CT molecular complexity index is 840. The molecule has 0 saturated heterocycles. The van der Waals surface area contributed by atoms with Gasteiger partial charge >= 0.3 is 0 Å². The lowest BCUT2D eigenvalue weighted by Gasteiger charge is -2.22. The van der Waals surface area contributed by atoms with Crippen LogP contribution >= 0.6 is 0 Å². The summed E-state index contributed by atoms with van der Waals surface area (Å²) in [5, 5.41) is 0. The molecule has 0 radical (unpaired) electrons. The number of imidazole rings is 1. The van der Waals surface area contributed by atoms with E-state index in [1.165, 1.54) is 27.8 Å². The molecule has 1 aromatic heterocycles. The average molecular weight is 306 g/mol. The van der Waals surface area contributed by atoms with Crippen LogP contribution in [0.2, 0.25) is 0 Å². The van der Waals surface area contributed by atoms with Gasteiger partial charge in [-0.25, -0.2) is 4.98 Å². The van der Waals surface area contributed by atoms with Gasteiger partial charge in [-0.15, -0.1) is 0 Å². The summed E-state index contributed by atoms with van der Waals surface area (Å²) in [6.45, 7) is 14.2. The zero-order valence-electron chi connectivity index (χ0n) is 15.1. The largest absolute Gasteiger partial charge is 0.323 e. The highest BCUT2D eigenvalue weighted by Crippen LogP contribution is 2.28. The van der Waals surface area contributed by atoms with E-state index in [4.69, 9.17) is 4.98 Å². The Morgan fingerprint density at radius 3 is 2.17 bits per heavy atom. The Labute approximate surface area is 139 Å². The Kier molecular flexibility index (Phi) is 3.79. The molecule has 0 aliphatic heterocycles. The molecule has 2 nitrogen and oxygen atoms in total. The van der Waals surface area contributed by atoms with Crippen LogP contribution in [0.15, 0.2) is 36.4 Å². The normalized spacial score (nSPS) is 12.1. The molecular weight excluding hydrogens is 280 g/mol. The quantitative estimate of drug-likeness (QED) is 0.627. The number of rotatable bonds is 2. The van der Waals surface area contributed by atoms with Crippen molar-refractivity contribution in [3.05, 3.63) is 64.5 Å². The fourth-order valence-corrected chi connectivity index (χ4v) is 3.43. The zero-order valence-corrected chi connectivity index (χ0v) is 15.1. The molecule has 0 spiro atoms. The second-order valence-electron chi connectivity index (χ2n) is 7.64. The molecule has 0 aliphatic carbocycles. The minimum atomic E-state index is 0.0194. The smallest absolute Gasteiger partial charge is 0.115 e. The molecule has 0 amide bonds. The van der Waals surface area contributed by atoms with Gasteiger partial charge in [-0.2, -0.15) is 0 Å². The fraction of sp³-hybridized carbons (Fsp3) is 0.381. The summed E-state index contributed by atoms with van der Waals surface area (Å²) in [4.78, 5) is 4.92. The second-order valence-corrected chi connectivity index (χ2v) is 7.64. The summed E-state index contributed by atoms with van der Waals surface area (Å²) in [5.41, 5.74) is 7.78. The third-order valence-electron chi connectivity index (χ3n) is 4.48. The number of para-hydroxylation sites is 2. The van der Waals surface area contributed by atoms with E-state index in [9.17, 15) is 0 Å². The highest BCUT2D eigenvalue weighted by atomic mass is 15.1. The van der Waals surface area contributed by atoms with Gasteiger partial charge in [0.1, 0.15) is 5.82 Å². The molecule has 0 atom stereocenters. The van der Waals surface area contributed by atoms with E-state index in [1.54, 1.807) is 0 Å². The summed E-state index contributed by atoms with van der Waals surface area (Å²) >= 11 is 0. The van der Waals surface area contributed by atoms with E-state index in [-0.39, 0.29) is 5.41 Å². The average Bonchev–Trinajstić information content (AvgIpc) is 2.81. The van der Waals surface area contributed by atoms with Crippen LogP contribution in [0.25, 0.3) is 11.0 Å². The Hall–Kier alpha value is -2.09. The van der Waals surface area contributed by atoms with E-state index in [2.05, 4.69) is 82.5 Å². The van der Waals surface area contributed by atoms with Gasteiger partial charge in [0.05, 0.1) is 11.0 Å². The van der Waals surface area contributed by atoms with Gasteiger partial charge in [-0.05, 0) is 49.6 Å². The SMILES string of the molecule is Cc1cc(C)c(Cn2c(C(C)(C)C)nc3ccccc32)c(C)c1. The van der Waals surface area contributed by atoms with Crippen molar-refractivity contribution in [3.8, 4) is 0 Å². The fourth-order valence-electron chi connectivity index (χ4n) is 3.43. The molecule has 120 valence electrons. The molecule has 23 heavy (non-hydrogen) atoms. The molecule has 0 bridgehead atoms. The van der Waals surface area contributed by atoms with Crippen molar-refractivity contribution in [2.75, 3.05) is 0 Å². The summed E-state index contributed by atoms with van der Waals surface area (Å²) in [6.07, 6.45) is 0. The molecular formula is C21H26N2. The maximum Gasteiger partial charge on any atom is 0.115 e. The van der Waals surface area contributed by atoms with Gasteiger partial charge in [-0.3, -0.25) is 0 Å². The Balaban J connectivity index is 2.20. The first-order chi connectivity index (χ1) is 10.8. The van der Waals surface area contributed by atoms with Crippen LogP contribution in [-0.4, -0.2) is 9.55 Å². The van der Waals surface area contributed by atoms with Crippen LogP contribution in [0.3, 0.4) is 0 Å². The van der Waals surface area contributed by atoms with Gasteiger partial charge in [0, 0.05) is 12.0 Å². The van der Waals surface area contributed by atoms with Gasteiger partial charge in [-0.1, -0.05) is 50.6 Å². The molecule has 0 aliphatic rings. The number of hydrogen-bond donors (Lipinski definition) is 0. The van der Waals surface area contributed by atoms with Crippen LogP contribution in [0.4, 0.5) is 0 Å². The van der Waals surface area contributed by atoms with Crippen LogP contribution in [0.5, 0.6) is 0 Å². The molecule has 2 aromatic carbocycles. The first-order valence-corrected chi connectivity index (χ1v) is 8.30. The summed E-state index contributed by atoms with van der Waals surface area (Å²) < 4.78 is 2.39. The lowest BCUT2D eigenvalue weighted by Crippen LogP contribution is -2.20. The topological polar surface area (TPSA) is 17.8 Å². The van der Waals surface area contributed by atoms with Gasteiger partial charge in [0.25, 0.3) is 0 Å². The van der Waals surface area contributed by atoms with Gasteiger partial charge in [0.2, 0.25) is 0 Å². The molecule has 3 aromatic rings. The summed E-state index contributed by atoms with van der Waals surface area (Å²) in [7, 11) is 0. The van der Waals surface area contributed by atoms with Gasteiger partial charge < -0.3 is 4.57 Å². The third kappa shape index (κ3) is 2.90. The van der Waals surface area contributed by atoms with Crippen molar-refractivity contribution in [1.82, 2.24) is 9.55 Å². The van der Waals surface area contributed by atoms with Crippen molar-refractivity contribution in [2.24, 2.45) is 0 Å². The standard InChI is InChI=1S/C21H26N2/c1-14-11-15(2)17(16(3)12-14)13-23-19-10-8-7-9-18(19)22-20(23)21(4,5)6/h7-12H,13H2,1-6H3. The zero-order chi connectivity index (χ0) is 16.8. The predicted molar refractivity (Wildman–Crippen MR) is 98.2 cm³/mol. The summed E-state index contributed by atoms with van der Waals surface area (Å²) in [5.74, 6) is 1.15. The minimum absolute atomic E-state index is 0.0194. The predicted octanol–water partition coefficient (Wildman–Crippen LogP) is 5.31. The van der Waals surface area contributed by atoms with E-state index in [0.29, 0.717) is 0 Å². The molecule has 3 rings (SSSR count). The van der Waals surface area contributed by atoms with E-state index >= 15 is 0 Å². The van der Waals surface area contributed by atoms with Crippen LogP contribution in [0.1, 0.15) is 48.8 Å². The first kappa shape index (κ1) is 15.8. The van der Waals surface area contributed by atoms with Crippen molar-refractivity contribution < 1.29 is 0 Å². The molecule has 0 unspecified atom stereocenters. The molecule has 0 N–H and O–H groups in total. The van der Waals surface area contributed by atoms with Crippen molar-refractivity contribution in [3.63, 3.8) is 0 Å². The maximum atomic E-state index is 4.92. The highest BCUT2D eigenvalue weighted by molar-refractivity contribution is 5.76. The van der Waals surface area contributed by atoms with Crippen LogP contribution in [0, 0.1) is 20.8 Å². The summed E-state index contributed by atoms with van der Waals surface area (Å²) in [6, 6.07) is 13.0. The Morgan fingerprint density at radius 2 is 1.57 bits per heavy atom. The van der Waals surface area contributed by atoms with Crippen LogP contribution < -0.4 is 0 Å². The lowest BCUT2D eigenvalue weighted by molar-refractivity contribution is 0.516. The molecule has 0 fully saturated rings. The highest BCUT2D eigenvalue weighted by Gasteiger charge is 2.23. The Morgan fingerprint density at radius 1 is 0.957 bits per heavy atom. The number of hydrogen-bond acceptors (Lipinski definition) is 1. The van der Waals surface area contributed by atoms with E-state index in [0.717, 1.165) is 17.9 Å². The van der Waals surface area contributed by atoms with Gasteiger partial charge in [0.15, 0.2) is 0 Å². The third-order valence-corrected chi connectivity index (χ3v) is 4.48. The number of aromatic nitrogens is 2. The second kappa shape index (κ2) is 5.52. The number of aryl methyl sites for hydroxylation is 3. The van der Waals surface area contributed by atoms with Crippen LogP contribution in [-0.2, 0) is 12.0 Å². The van der Waals surface area contributed by atoms with E-state index < -0.39 is 0 Å². The monoisotopic (exact) mass is 306 g/mol. The number of nitrogens with zero attached hydrogens (tertiary/aromatic N) is 2.